The summed E-state index contributed by atoms with van der Waals surface area (Å²) in [6.45, 7) is 0. The third-order valence-electron chi connectivity index (χ3n) is 3.67. The Labute approximate surface area is 141 Å². The van der Waals surface area contributed by atoms with Crippen LogP contribution in [0.2, 0.25) is 0 Å². The smallest absolute Gasteiger partial charge is 0.264 e. The number of aromatic nitrogens is 3. The van der Waals surface area contributed by atoms with Crippen molar-refractivity contribution in [2.45, 2.75) is 4.90 Å². The molecule has 2 heterocycles. The number of nitrogens with zero attached hydrogens (tertiary/aromatic N) is 2. The second-order valence-electron chi connectivity index (χ2n) is 5.11. The van der Waals surface area contributed by atoms with E-state index in [-0.39, 0.29) is 4.90 Å². The summed E-state index contributed by atoms with van der Waals surface area (Å²) in [6.07, 6.45) is 1.46. The van der Waals surface area contributed by atoms with E-state index in [0.29, 0.717) is 33.4 Å². The number of sulfonamides is 1. The second-order valence-corrected chi connectivity index (χ2v) is 7.29. The largest absolute Gasteiger partial charge is 0.497 e. The van der Waals surface area contributed by atoms with E-state index in [4.69, 9.17) is 4.74 Å². The first-order chi connectivity index (χ1) is 11.6. The van der Waals surface area contributed by atoms with Gasteiger partial charge >= 0.3 is 0 Å². The monoisotopic (exact) mass is 360 g/mol. The molecule has 0 aliphatic heterocycles. The molecule has 7 nitrogen and oxygen atoms in total. The lowest BCUT2D eigenvalue weighted by Gasteiger charge is -2.07. The Hall–Kier alpha value is -2.65. The Morgan fingerprint density at radius 2 is 2.08 bits per heavy atom. The number of ether oxygens (including phenoxy) is 1. The average molecular weight is 360 g/mol. The van der Waals surface area contributed by atoms with E-state index >= 15 is 0 Å². The van der Waals surface area contributed by atoms with Crippen LogP contribution in [0.4, 0.5) is 5.69 Å². The Balaban J connectivity index is 1.79. The number of aromatic amines is 1. The molecule has 0 saturated heterocycles. The fraction of sp³-hybridized carbons (Fsp3) is 0.0667. The summed E-state index contributed by atoms with van der Waals surface area (Å²) in [7, 11) is -2.21. The quantitative estimate of drug-likeness (QED) is 0.583. The van der Waals surface area contributed by atoms with Gasteiger partial charge in [0, 0.05) is 17.6 Å². The highest BCUT2D eigenvalue weighted by Gasteiger charge is 2.21. The molecule has 0 unspecified atom stereocenters. The molecule has 2 N–H and O–H groups in total. The van der Waals surface area contributed by atoms with Crippen molar-refractivity contribution in [2.75, 3.05) is 11.8 Å². The Bertz CT molecular complexity index is 1150. The van der Waals surface area contributed by atoms with E-state index < -0.39 is 10.0 Å². The van der Waals surface area contributed by atoms with Gasteiger partial charge in [0.25, 0.3) is 10.0 Å². The number of benzene rings is 2. The minimum absolute atomic E-state index is 0.167. The number of nitrogens with one attached hydrogen (secondary N) is 2. The maximum Gasteiger partial charge on any atom is 0.264 e. The number of anilines is 1. The fourth-order valence-corrected chi connectivity index (χ4v) is 4.31. The van der Waals surface area contributed by atoms with Crippen LogP contribution in [-0.4, -0.2) is 29.3 Å². The molecule has 0 radical (unpaired) electrons. The molecule has 122 valence electrons. The number of rotatable bonds is 4. The van der Waals surface area contributed by atoms with Gasteiger partial charge in [-0.1, -0.05) is 6.07 Å². The van der Waals surface area contributed by atoms with Crippen LogP contribution in [0.5, 0.6) is 5.75 Å². The first-order valence-electron chi connectivity index (χ1n) is 6.98. The van der Waals surface area contributed by atoms with Crippen molar-refractivity contribution in [2.24, 2.45) is 0 Å². The molecule has 0 spiro atoms. The summed E-state index contributed by atoms with van der Waals surface area (Å²) >= 11 is 1.04. The summed E-state index contributed by atoms with van der Waals surface area (Å²) in [5.41, 5.74) is 2.28. The topological polar surface area (TPSA) is 97.0 Å². The molecule has 4 aromatic rings. The van der Waals surface area contributed by atoms with Crippen molar-refractivity contribution in [3.63, 3.8) is 0 Å². The van der Waals surface area contributed by atoms with Crippen molar-refractivity contribution in [3.05, 3.63) is 42.6 Å². The van der Waals surface area contributed by atoms with E-state index in [1.54, 1.807) is 43.5 Å². The SMILES string of the molecule is COc1ccc2c(S(=O)(=O)Nc3cccc4nsnc34)c[nH]c2c1. The van der Waals surface area contributed by atoms with E-state index in [2.05, 4.69) is 18.5 Å². The van der Waals surface area contributed by atoms with Crippen LogP contribution in [0.15, 0.2) is 47.5 Å². The van der Waals surface area contributed by atoms with Crippen LogP contribution in [0.3, 0.4) is 0 Å². The molecule has 0 saturated carbocycles. The number of hydrogen-bond donors (Lipinski definition) is 2. The van der Waals surface area contributed by atoms with Crippen molar-refractivity contribution < 1.29 is 13.2 Å². The summed E-state index contributed by atoms with van der Waals surface area (Å²) in [6, 6.07) is 10.4. The predicted octanol–water partition coefficient (Wildman–Crippen LogP) is 2.98. The van der Waals surface area contributed by atoms with Gasteiger partial charge < -0.3 is 9.72 Å². The molecular weight excluding hydrogens is 348 g/mol. The van der Waals surface area contributed by atoms with Gasteiger partial charge in [-0.15, -0.1) is 0 Å². The van der Waals surface area contributed by atoms with Crippen LogP contribution in [-0.2, 0) is 10.0 Å². The predicted molar refractivity (Wildman–Crippen MR) is 93.1 cm³/mol. The molecule has 24 heavy (non-hydrogen) atoms. The number of methoxy groups -OCH3 is 1. The molecule has 0 fully saturated rings. The van der Waals surface area contributed by atoms with Crippen molar-refractivity contribution in [1.82, 2.24) is 13.7 Å². The lowest BCUT2D eigenvalue weighted by molar-refractivity contribution is 0.415. The maximum absolute atomic E-state index is 12.8. The van der Waals surface area contributed by atoms with Crippen LogP contribution in [0.1, 0.15) is 0 Å². The molecule has 0 aliphatic carbocycles. The summed E-state index contributed by atoms with van der Waals surface area (Å²) in [5, 5.41) is 0.590. The van der Waals surface area contributed by atoms with E-state index in [9.17, 15) is 8.42 Å². The minimum atomic E-state index is -3.77. The summed E-state index contributed by atoms with van der Waals surface area (Å²) < 4.78 is 41.6. The molecule has 2 aromatic carbocycles. The molecule has 2 aromatic heterocycles. The van der Waals surface area contributed by atoms with Gasteiger partial charge in [-0.2, -0.15) is 8.75 Å². The lowest BCUT2D eigenvalue weighted by Crippen LogP contribution is -2.12. The maximum atomic E-state index is 12.8. The zero-order valence-corrected chi connectivity index (χ0v) is 14.1. The van der Waals surface area contributed by atoms with Crippen LogP contribution < -0.4 is 9.46 Å². The summed E-state index contributed by atoms with van der Waals surface area (Å²) in [5.74, 6) is 0.652. The average Bonchev–Trinajstić information content (AvgIpc) is 3.21. The highest BCUT2D eigenvalue weighted by atomic mass is 32.2. The normalized spacial score (nSPS) is 11.9. The highest BCUT2D eigenvalue weighted by Crippen LogP contribution is 2.29. The second kappa shape index (κ2) is 5.46. The van der Waals surface area contributed by atoms with Gasteiger partial charge in [0.1, 0.15) is 21.7 Å². The summed E-state index contributed by atoms with van der Waals surface area (Å²) in [4.78, 5) is 3.13. The molecule has 0 amide bonds. The van der Waals surface area contributed by atoms with Crippen LogP contribution in [0, 0.1) is 0 Å². The molecule has 0 atom stereocenters. The first-order valence-corrected chi connectivity index (χ1v) is 9.19. The molecule has 4 rings (SSSR count). The Kier molecular flexibility index (Phi) is 3.39. The van der Waals surface area contributed by atoms with Crippen molar-refractivity contribution in [3.8, 4) is 5.75 Å². The zero-order chi connectivity index (χ0) is 16.7. The lowest BCUT2D eigenvalue weighted by atomic mass is 10.2. The van der Waals surface area contributed by atoms with Crippen molar-refractivity contribution in [1.29, 1.82) is 0 Å². The molecule has 0 aliphatic rings. The van der Waals surface area contributed by atoms with Crippen LogP contribution in [0.25, 0.3) is 21.9 Å². The third-order valence-corrected chi connectivity index (χ3v) is 5.62. The van der Waals surface area contributed by atoms with E-state index in [1.807, 2.05) is 0 Å². The molecular formula is C15H12N4O3S2. The van der Waals surface area contributed by atoms with Gasteiger partial charge in [-0.25, -0.2) is 8.42 Å². The van der Waals surface area contributed by atoms with Crippen LogP contribution >= 0.6 is 11.7 Å². The standard InChI is InChI=1S/C15H12N4O3S2/c1-22-9-5-6-10-13(7-9)16-8-14(10)24(20,21)19-12-4-2-3-11-15(12)18-23-17-11/h2-8,16,19H,1H3. The minimum Gasteiger partial charge on any atom is -0.497 e. The molecule has 9 heteroatoms. The van der Waals surface area contributed by atoms with Gasteiger partial charge in [0.15, 0.2) is 0 Å². The third kappa shape index (κ3) is 2.38. The van der Waals surface area contributed by atoms with Gasteiger partial charge in [-0.05, 0) is 24.3 Å². The fourth-order valence-electron chi connectivity index (χ4n) is 2.52. The molecule has 0 bridgehead atoms. The Morgan fingerprint density at radius 3 is 2.92 bits per heavy atom. The van der Waals surface area contributed by atoms with E-state index in [1.165, 1.54) is 6.20 Å². The van der Waals surface area contributed by atoms with Gasteiger partial charge in [0.2, 0.25) is 0 Å². The zero-order valence-electron chi connectivity index (χ0n) is 12.5. The van der Waals surface area contributed by atoms with Gasteiger partial charge in [0.05, 0.1) is 30.0 Å². The van der Waals surface area contributed by atoms with E-state index in [0.717, 1.165) is 11.7 Å². The highest BCUT2D eigenvalue weighted by molar-refractivity contribution is 7.93. The Morgan fingerprint density at radius 1 is 1.21 bits per heavy atom. The number of fused-ring (bicyclic) bond motifs is 2. The first kappa shape index (κ1) is 14.9. The number of H-pyrrole nitrogens is 1. The van der Waals surface area contributed by atoms with Crippen molar-refractivity contribution >= 4 is 49.4 Å². The van der Waals surface area contributed by atoms with Gasteiger partial charge in [-0.3, -0.25) is 4.72 Å². The number of hydrogen-bond acceptors (Lipinski definition) is 6.